The molecular weight excluding hydrogens is 310 g/mol. The van der Waals surface area contributed by atoms with Gasteiger partial charge in [-0.15, -0.1) is 11.3 Å². The monoisotopic (exact) mass is 335 g/mol. The van der Waals surface area contributed by atoms with Crippen molar-refractivity contribution in [1.29, 1.82) is 0 Å². The van der Waals surface area contributed by atoms with Crippen LogP contribution in [0, 0.1) is 11.3 Å². The molecule has 0 unspecified atom stereocenters. The van der Waals surface area contributed by atoms with Crippen LogP contribution in [0.5, 0.6) is 0 Å². The maximum Gasteiger partial charge on any atom is 0.263 e. The minimum absolute atomic E-state index is 0.00168. The molecule has 3 aliphatic rings. The number of carbonyl (C=O) groups excluding carboxylic acids is 1. The summed E-state index contributed by atoms with van der Waals surface area (Å²) < 4.78 is 12.1. The number of thiophene rings is 1. The molecule has 5 heteroatoms. The minimum atomic E-state index is -0.00168. The average molecular weight is 335 g/mol. The number of amides is 1. The molecule has 0 bridgehead atoms. The first kappa shape index (κ1) is 15.6. The molecule has 1 aromatic rings. The van der Waals surface area contributed by atoms with Crippen LogP contribution in [0.2, 0.25) is 0 Å². The first-order valence-corrected chi connectivity index (χ1v) is 9.67. The fourth-order valence-corrected chi connectivity index (χ4v) is 4.63. The summed E-state index contributed by atoms with van der Waals surface area (Å²) in [5.41, 5.74) is -0.00168. The van der Waals surface area contributed by atoms with Gasteiger partial charge in [0.05, 0.1) is 17.6 Å². The Hall–Kier alpha value is -0.910. The van der Waals surface area contributed by atoms with E-state index in [-0.39, 0.29) is 17.4 Å². The van der Waals surface area contributed by atoms with Gasteiger partial charge in [-0.1, -0.05) is 6.07 Å². The molecule has 4 rings (SSSR count). The quantitative estimate of drug-likeness (QED) is 0.829. The second-order valence-corrected chi connectivity index (χ2v) is 8.22. The standard InChI is InChI=1S/C18H25NO3S/c20-17(15-3-1-10-23-15)19-8-6-16-18(12-19,7-2-9-22-16)13-21-11-14-4-5-14/h1,3,10,14,16H,2,4-9,11-13H2/t16-,18+/m0/s1. The van der Waals surface area contributed by atoms with E-state index in [9.17, 15) is 4.79 Å². The van der Waals surface area contributed by atoms with E-state index in [1.165, 1.54) is 24.2 Å². The second kappa shape index (κ2) is 6.54. The lowest BCUT2D eigenvalue weighted by molar-refractivity contribution is -0.147. The fourth-order valence-electron chi connectivity index (χ4n) is 3.94. The summed E-state index contributed by atoms with van der Waals surface area (Å²) in [6.07, 6.45) is 6.00. The van der Waals surface area contributed by atoms with Crippen molar-refractivity contribution in [3.63, 3.8) is 0 Å². The van der Waals surface area contributed by atoms with E-state index in [0.717, 1.165) is 63.0 Å². The van der Waals surface area contributed by atoms with E-state index in [2.05, 4.69) is 0 Å². The summed E-state index contributed by atoms with van der Waals surface area (Å²) in [4.78, 5) is 15.6. The number of nitrogens with zero attached hydrogens (tertiary/aromatic N) is 1. The normalized spacial score (nSPS) is 31.0. The van der Waals surface area contributed by atoms with Crippen LogP contribution in [0.4, 0.5) is 0 Å². The summed E-state index contributed by atoms with van der Waals surface area (Å²) in [5, 5.41) is 1.97. The number of piperidine rings is 1. The Morgan fingerprint density at radius 1 is 1.43 bits per heavy atom. The Balaban J connectivity index is 1.46. The van der Waals surface area contributed by atoms with Gasteiger partial charge in [-0.3, -0.25) is 4.79 Å². The maximum atomic E-state index is 12.7. The van der Waals surface area contributed by atoms with Crippen LogP contribution in [0.25, 0.3) is 0 Å². The number of hydrogen-bond acceptors (Lipinski definition) is 4. The fraction of sp³-hybridized carbons (Fsp3) is 0.722. The molecule has 1 aliphatic carbocycles. The van der Waals surface area contributed by atoms with Gasteiger partial charge in [0.25, 0.3) is 5.91 Å². The topological polar surface area (TPSA) is 38.8 Å². The third-order valence-corrected chi connectivity index (χ3v) is 6.31. The molecule has 1 aromatic heterocycles. The smallest absolute Gasteiger partial charge is 0.263 e. The van der Waals surface area contributed by atoms with Crippen LogP contribution in [0.1, 0.15) is 41.8 Å². The van der Waals surface area contributed by atoms with Crippen LogP contribution < -0.4 is 0 Å². The van der Waals surface area contributed by atoms with Crippen LogP contribution >= 0.6 is 11.3 Å². The van der Waals surface area contributed by atoms with Crippen molar-refractivity contribution >= 4 is 17.2 Å². The van der Waals surface area contributed by atoms with Crippen molar-refractivity contribution in [2.45, 2.75) is 38.2 Å². The predicted molar refractivity (Wildman–Crippen MR) is 89.8 cm³/mol. The first-order valence-electron chi connectivity index (χ1n) is 8.79. The largest absolute Gasteiger partial charge is 0.380 e. The number of fused-ring (bicyclic) bond motifs is 1. The highest BCUT2D eigenvalue weighted by molar-refractivity contribution is 7.12. The van der Waals surface area contributed by atoms with Gasteiger partial charge in [0.15, 0.2) is 0 Å². The van der Waals surface area contributed by atoms with E-state index in [1.54, 1.807) is 0 Å². The molecule has 4 nitrogen and oxygen atoms in total. The van der Waals surface area contributed by atoms with Crippen molar-refractivity contribution in [3.8, 4) is 0 Å². The second-order valence-electron chi connectivity index (χ2n) is 7.28. The van der Waals surface area contributed by atoms with Crippen molar-refractivity contribution in [2.75, 3.05) is 32.9 Å². The molecule has 1 amide bonds. The number of ether oxygens (including phenoxy) is 2. The zero-order chi connectivity index (χ0) is 15.7. The van der Waals surface area contributed by atoms with Crippen LogP contribution in [0.3, 0.4) is 0 Å². The molecule has 126 valence electrons. The molecule has 2 saturated heterocycles. The average Bonchev–Trinajstić information content (AvgIpc) is 3.24. The third kappa shape index (κ3) is 3.32. The SMILES string of the molecule is O=C(c1cccs1)N1CC[C@@H]2OCCC[C@]2(COCC2CC2)C1. The lowest BCUT2D eigenvalue weighted by Crippen LogP contribution is -2.58. The van der Waals surface area contributed by atoms with Gasteiger partial charge in [-0.25, -0.2) is 0 Å². The molecule has 0 radical (unpaired) electrons. The van der Waals surface area contributed by atoms with Gasteiger partial charge < -0.3 is 14.4 Å². The van der Waals surface area contributed by atoms with E-state index in [4.69, 9.17) is 9.47 Å². The molecule has 1 saturated carbocycles. The van der Waals surface area contributed by atoms with E-state index in [1.807, 2.05) is 22.4 Å². The summed E-state index contributed by atoms with van der Waals surface area (Å²) in [6, 6.07) is 3.87. The zero-order valence-corrected chi connectivity index (χ0v) is 14.4. The van der Waals surface area contributed by atoms with Gasteiger partial charge in [-0.2, -0.15) is 0 Å². The Bertz CT molecular complexity index is 542. The molecule has 3 fully saturated rings. The Morgan fingerprint density at radius 2 is 2.35 bits per heavy atom. The summed E-state index contributed by atoms with van der Waals surface area (Å²) in [6.45, 7) is 4.05. The van der Waals surface area contributed by atoms with Crippen LogP contribution in [-0.2, 0) is 9.47 Å². The Labute approximate surface area is 141 Å². The summed E-state index contributed by atoms with van der Waals surface area (Å²) in [5.74, 6) is 0.951. The van der Waals surface area contributed by atoms with Gasteiger partial charge >= 0.3 is 0 Å². The van der Waals surface area contributed by atoms with Gasteiger partial charge in [0.1, 0.15) is 0 Å². The lowest BCUT2D eigenvalue weighted by atomic mass is 9.73. The van der Waals surface area contributed by atoms with Crippen molar-refractivity contribution in [3.05, 3.63) is 22.4 Å². The maximum absolute atomic E-state index is 12.7. The van der Waals surface area contributed by atoms with Crippen LogP contribution in [0.15, 0.2) is 17.5 Å². The minimum Gasteiger partial charge on any atom is -0.380 e. The van der Waals surface area contributed by atoms with E-state index < -0.39 is 0 Å². The molecule has 2 atom stereocenters. The van der Waals surface area contributed by atoms with Gasteiger partial charge in [0, 0.05) is 31.7 Å². The first-order chi connectivity index (χ1) is 11.3. The third-order valence-electron chi connectivity index (χ3n) is 5.45. The highest BCUT2D eigenvalue weighted by atomic mass is 32.1. The lowest BCUT2D eigenvalue weighted by Gasteiger charge is -2.50. The van der Waals surface area contributed by atoms with Crippen molar-refractivity contribution in [1.82, 2.24) is 4.90 Å². The highest BCUT2D eigenvalue weighted by Gasteiger charge is 2.47. The molecular formula is C18H25NO3S. The summed E-state index contributed by atoms with van der Waals surface area (Å²) in [7, 11) is 0. The number of hydrogen-bond donors (Lipinski definition) is 0. The number of rotatable bonds is 5. The van der Waals surface area contributed by atoms with Gasteiger partial charge in [-0.05, 0) is 49.5 Å². The molecule has 23 heavy (non-hydrogen) atoms. The van der Waals surface area contributed by atoms with E-state index >= 15 is 0 Å². The molecule has 0 aromatic carbocycles. The highest BCUT2D eigenvalue weighted by Crippen LogP contribution is 2.41. The van der Waals surface area contributed by atoms with E-state index in [0.29, 0.717) is 0 Å². The zero-order valence-electron chi connectivity index (χ0n) is 13.5. The molecule has 0 N–H and O–H groups in total. The Morgan fingerprint density at radius 3 is 3.13 bits per heavy atom. The summed E-state index contributed by atoms with van der Waals surface area (Å²) >= 11 is 1.53. The van der Waals surface area contributed by atoms with Crippen molar-refractivity contribution < 1.29 is 14.3 Å². The van der Waals surface area contributed by atoms with Crippen LogP contribution in [-0.4, -0.2) is 49.8 Å². The number of carbonyl (C=O) groups is 1. The molecule has 3 heterocycles. The molecule has 2 aliphatic heterocycles. The molecule has 0 spiro atoms. The number of likely N-dealkylation sites (tertiary alicyclic amines) is 1. The van der Waals surface area contributed by atoms with Crippen molar-refractivity contribution in [2.24, 2.45) is 11.3 Å². The predicted octanol–water partition coefficient (Wildman–Crippen LogP) is 3.19. The Kier molecular flexibility index (Phi) is 4.43. The van der Waals surface area contributed by atoms with Gasteiger partial charge in [0.2, 0.25) is 0 Å².